The Morgan fingerprint density at radius 1 is 1.33 bits per heavy atom. The molecule has 0 heterocycles. The van der Waals surface area contributed by atoms with Gasteiger partial charge in [0.05, 0.1) is 5.75 Å². The van der Waals surface area contributed by atoms with Crippen molar-refractivity contribution in [1.29, 1.82) is 0 Å². The highest BCUT2D eigenvalue weighted by atomic mass is 35.5. The number of hydrogen-bond donors (Lipinski definition) is 1. The van der Waals surface area contributed by atoms with Gasteiger partial charge in [-0.1, -0.05) is 27.7 Å². The average molecular weight is 256 g/mol. The van der Waals surface area contributed by atoms with Crippen LogP contribution in [0.4, 0.5) is 0 Å². The molecule has 0 aromatic carbocycles. The molecular formula is C10H22ClNO2S. The summed E-state index contributed by atoms with van der Waals surface area (Å²) in [7, 11) is -3.13. The van der Waals surface area contributed by atoms with Crippen molar-refractivity contribution in [2.24, 2.45) is 11.3 Å². The third-order valence-corrected chi connectivity index (χ3v) is 3.97. The molecule has 0 aliphatic heterocycles. The van der Waals surface area contributed by atoms with E-state index in [4.69, 9.17) is 11.6 Å². The Morgan fingerprint density at radius 2 is 1.87 bits per heavy atom. The third kappa shape index (κ3) is 8.05. The van der Waals surface area contributed by atoms with Gasteiger partial charge in [0.2, 0.25) is 10.0 Å². The van der Waals surface area contributed by atoms with E-state index in [0.29, 0.717) is 12.4 Å². The fourth-order valence-electron chi connectivity index (χ4n) is 1.15. The quantitative estimate of drug-likeness (QED) is 0.709. The highest BCUT2D eigenvalue weighted by molar-refractivity contribution is 7.89. The second-order valence-electron chi connectivity index (χ2n) is 5.10. The van der Waals surface area contributed by atoms with Crippen molar-refractivity contribution in [3.63, 3.8) is 0 Å². The Kier molecular flexibility index (Phi) is 6.14. The predicted octanol–water partition coefficient (Wildman–Crippen LogP) is 2.22. The van der Waals surface area contributed by atoms with Gasteiger partial charge >= 0.3 is 0 Å². The number of nitrogens with one attached hydrogen (secondary N) is 1. The molecule has 0 bridgehead atoms. The number of halogens is 1. The lowest BCUT2D eigenvalue weighted by molar-refractivity contribution is 0.352. The van der Waals surface area contributed by atoms with Gasteiger partial charge in [0.1, 0.15) is 0 Å². The summed E-state index contributed by atoms with van der Waals surface area (Å²) < 4.78 is 25.7. The lowest BCUT2D eigenvalue weighted by Crippen LogP contribution is -2.36. The van der Waals surface area contributed by atoms with E-state index in [1.54, 1.807) is 0 Å². The molecule has 0 fully saturated rings. The molecule has 0 amide bonds. The molecule has 0 aromatic heterocycles. The van der Waals surface area contributed by atoms with Gasteiger partial charge < -0.3 is 0 Å². The standard InChI is InChI=1S/C10H22ClNO2S/c1-9(2)7-15(13,14)12-8-10(3,4)5-6-11/h9,12H,5-8H2,1-4H3. The van der Waals surface area contributed by atoms with Gasteiger partial charge in [-0.05, 0) is 17.8 Å². The molecule has 0 aliphatic rings. The molecule has 5 heteroatoms. The van der Waals surface area contributed by atoms with Crippen molar-refractivity contribution >= 4 is 21.6 Å². The van der Waals surface area contributed by atoms with E-state index in [2.05, 4.69) is 4.72 Å². The van der Waals surface area contributed by atoms with E-state index in [1.165, 1.54) is 0 Å². The lowest BCUT2D eigenvalue weighted by Gasteiger charge is -2.24. The third-order valence-electron chi connectivity index (χ3n) is 2.09. The van der Waals surface area contributed by atoms with Crippen molar-refractivity contribution in [3.05, 3.63) is 0 Å². The Hall–Kier alpha value is 0.200. The van der Waals surface area contributed by atoms with Crippen LogP contribution in [0.25, 0.3) is 0 Å². The van der Waals surface area contributed by atoms with E-state index >= 15 is 0 Å². The van der Waals surface area contributed by atoms with E-state index in [1.807, 2.05) is 27.7 Å². The molecule has 0 saturated carbocycles. The summed E-state index contributed by atoms with van der Waals surface area (Å²) in [6.07, 6.45) is 0.804. The van der Waals surface area contributed by atoms with Gasteiger partial charge in [0.15, 0.2) is 0 Å². The van der Waals surface area contributed by atoms with Crippen LogP contribution in [-0.4, -0.2) is 26.6 Å². The first-order valence-corrected chi connectivity index (χ1v) is 7.40. The van der Waals surface area contributed by atoms with Crippen LogP contribution in [0.5, 0.6) is 0 Å². The molecule has 0 rings (SSSR count). The summed E-state index contributed by atoms with van der Waals surface area (Å²) in [5.74, 6) is 0.890. The largest absolute Gasteiger partial charge is 0.215 e. The second-order valence-corrected chi connectivity index (χ2v) is 7.33. The molecule has 0 aromatic rings. The van der Waals surface area contributed by atoms with Gasteiger partial charge in [0.25, 0.3) is 0 Å². The zero-order chi connectivity index (χ0) is 12.1. The minimum atomic E-state index is -3.13. The molecule has 3 nitrogen and oxygen atoms in total. The van der Waals surface area contributed by atoms with Gasteiger partial charge in [-0.3, -0.25) is 0 Å². The molecule has 0 spiro atoms. The Balaban J connectivity index is 4.14. The van der Waals surface area contributed by atoms with Crippen LogP contribution in [0.1, 0.15) is 34.1 Å². The van der Waals surface area contributed by atoms with Crippen molar-refractivity contribution < 1.29 is 8.42 Å². The zero-order valence-corrected chi connectivity index (χ0v) is 11.6. The molecule has 0 unspecified atom stereocenters. The van der Waals surface area contributed by atoms with E-state index in [9.17, 15) is 8.42 Å². The minimum absolute atomic E-state index is 0.0776. The fourth-order valence-corrected chi connectivity index (χ4v) is 3.27. The summed E-state index contributed by atoms with van der Waals surface area (Å²) in [5.41, 5.74) is -0.0776. The van der Waals surface area contributed by atoms with Crippen molar-refractivity contribution in [2.45, 2.75) is 34.1 Å². The van der Waals surface area contributed by atoms with Crippen LogP contribution in [0.15, 0.2) is 0 Å². The SMILES string of the molecule is CC(C)CS(=O)(=O)NCC(C)(C)CCCl. The van der Waals surface area contributed by atoms with E-state index in [-0.39, 0.29) is 17.1 Å². The summed E-state index contributed by atoms with van der Waals surface area (Å²) in [6.45, 7) is 8.25. The molecule has 1 N–H and O–H groups in total. The van der Waals surface area contributed by atoms with Crippen LogP contribution in [-0.2, 0) is 10.0 Å². The average Bonchev–Trinajstić information content (AvgIpc) is 1.99. The summed E-state index contributed by atoms with van der Waals surface area (Å²) in [4.78, 5) is 0. The topological polar surface area (TPSA) is 46.2 Å². The first kappa shape index (κ1) is 15.2. The van der Waals surface area contributed by atoms with Gasteiger partial charge in [-0.2, -0.15) is 0 Å². The molecule has 0 atom stereocenters. The maximum atomic E-state index is 11.5. The summed E-state index contributed by atoms with van der Waals surface area (Å²) >= 11 is 5.64. The van der Waals surface area contributed by atoms with Gasteiger partial charge in [0, 0.05) is 12.4 Å². The molecule has 15 heavy (non-hydrogen) atoms. The zero-order valence-electron chi connectivity index (χ0n) is 10.0. The van der Waals surface area contributed by atoms with Crippen LogP contribution in [0.3, 0.4) is 0 Å². The van der Waals surface area contributed by atoms with Crippen LogP contribution >= 0.6 is 11.6 Å². The first-order valence-electron chi connectivity index (χ1n) is 5.22. The molecule has 0 radical (unpaired) electrons. The second kappa shape index (κ2) is 6.06. The molecule has 0 saturated heterocycles. The maximum absolute atomic E-state index is 11.5. The Bertz CT molecular complexity index is 273. The normalized spacial score (nSPS) is 13.5. The van der Waals surface area contributed by atoms with Crippen molar-refractivity contribution in [1.82, 2.24) is 4.72 Å². The van der Waals surface area contributed by atoms with Crippen LogP contribution in [0, 0.1) is 11.3 Å². The molecular weight excluding hydrogens is 234 g/mol. The van der Waals surface area contributed by atoms with Crippen molar-refractivity contribution in [2.75, 3.05) is 18.2 Å². The Morgan fingerprint density at radius 3 is 2.27 bits per heavy atom. The number of hydrogen-bond acceptors (Lipinski definition) is 2. The first-order chi connectivity index (χ1) is 6.68. The summed E-state index contributed by atoms with van der Waals surface area (Å²) in [6, 6.07) is 0. The maximum Gasteiger partial charge on any atom is 0.211 e. The minimum Gasteiger partial charge on any atom is -0.215 e. The highest BCUT2D eigenvalue weighted by Gasteiger charge is 2.21. The van der Waals surface area contributed by atoms with Gasteiger partial charge in [-0.15, -0.1) is 11.6 Å². The van der Waals surface area contributed by atoms with Crippen LogP contribution < -0.4 is 4.72 Å². The number of rotatable bonds is 7. The summed E-state index contributed by atoms with van der Waals surface area (Å²) in [5, 5.41) is 0. The highest BCUT2D eigenvalue weighted by Crippen LogP contribution is 2.19. The number of sulfonamides is 1. The smallest absolute Gasteiger partial charge is 0.211 e. The van der Waals surface area contributed by atoms with Gasteiger partial charge in [-0.25, -0.2) is 13.1 Å². The predicted molar refractivity (Wildman–Crippen MR) is 65.7 cm³/mol. The number of alkyl halides is 1. The Labute approximate surface area is 98.6 Å². The fraction of sp³-hybridized carbons (Fsp3) is 1.00. The van der Waals surface area contributed by atoms with E-state index in [0.717, 1.165) is 6.42 Å². The lowest BCUT2D eigenvalue weighted by atomic mass is 9.91. The molecule has 92 valence electrons. The monoisotopic (exact) mass is 255 g/mol. The van der Waals surface area contributed by atoms with Crippen molar-refractivity contribution in [3.8, 4) is 0 Å². The molecule has 0 aliphatic carbocycles. The van der Waals surface area contributed by atoms with E-state index < -0.39 is 10.0 Å². The van der Waals surface area contributed by atoms with Crippen LogP contribution in [0.2, 0.25) is 0 Å².